The van der Waals surface area contributed by atoms with Crippen LogP contribution in [0.1, 0.15) is 31.4 Å². The second kappa shape index (κ2) is 5.02. The van der Waals surface area contributed by atoms with Crippen molar-refractivity contribution < 1.29 is 19.3 Å². The van der Waals surface area contributed by atoms with Crippen molar-refractivity contribution in [2.45, 2.75) is 32.0 Å². The summed E-state index contributed by atoms with van der Waals surface area (Å²) in [4.78, 5) is 0. The highest BCUT2D eigenvalue weighted by Crippen LogP contribution is 2.31. The number of rotatable bonds is 5. The minimum atomic E-state index is -0.857. The van der Waals surface area contributed by atoms with E-state index in [4.69, 9.17) is 9.84 Å². The van der Waals surface area contributed by atoms with E-state index in [1.54, 1.807) is 13.0 Å². The summed E-state index contributed by atoms with van der Waals surface area (Å²) >= 11 is 0. The Morgan fingerprint density at radius 1 is 1.47 bits per heavy atom. The summed E-state index contributed by atoms with van der Waals surface area (Å²) in [6.07, 6.45) is 1.25. The molecule has 0 radical (unpaired) electrons. The molecule has 17 heavy (non-hydrogen) atoms. The van der Waals surface area contributed by atoms with Gasteiger partial charge in [0.15, 0.2) is 11.6 Å². The molecule has 0 aromatic heterocycles. The number of benzene rings is 1. The fraction of sp³-hybridized carbons (Fsp3) is 0.538. The molecule has 1 aromatic rings. The monoisotopic (exact) mass is 240 g/mol. The van der Waals surface area contributed by atoms with Gasteiger partial charge in [-0.05, 0) is 30.5 Å². The van der Waals surface area contributed by atoms with Gasteiger partial charge in [0.05, 0.1) is 12.2 Å². The van der Waals surface area contributed by atoms with Gasteiger partial charge >= 0.3 is 0 Å². The molecule has 1 saturated carbocycles. The molecule has 4 heteroatoms. The van der Waals surface area contributed by atoms with Crippen molar-refractivity contribution in [1.29, 1.82) is 0 Å². The number of hydrogen-bond donors (Lipinski definition) is 2. The van der Waals surface area contributed by atoms with Gasteiger partial charge in [0.2, 0.25) is 0 Å². The smallest absolute Gasteiger partial charge is 0.165 e. The van der Waals surface area contributed by atoms with Crippen LogP contribution in [0.3, 0.4) is 0 Å². The molecule has 2 atom stereocenters. The van der Waals surface area contributed by atoms with E-state index in [9.17, 15) is 9.50 Å². The van der Waals surface area contributed by atoms with Crippen molar-refractivity contribution in [2.75, 3.05) is 6.61 Å². The van der Waals surface area contributed by atoms with Gasteiger partial charge in [-0.15, -0.1) is 0 Å². The summed E-state index contributed by atoms with van der Waals surface area (Å²) in [6, 6.07) is 4.45. The van der Waals surface area contributed by atoms with Crippen LogP contribution in [0.2, 0.25) is 0 Å². The first-order chi connectivity index (χ1) is 8.11. The topological polar surface area (TPSA) is 49.7 Å². The summed E-state index contributed by atoms with van der Waals surface area (Å²) in [5.74, 6) is -0.539. The molecule has 1 aliphatic carbocycles. The Morgan fingerprint density at radius 2 is 2.18 bits per heavy atom. The van der Waals surface area contributed by atoms with Crippen LogP contribution in [0.15, 0.2) is 18.2 Å². The second-order valence-electron chi connectivity index (χ2n) is 4.61. The van der Waals surface area contributed by atoms with Crippen LogP contribution in [0, 0.1) is 11.7 Å². The van der Waals surface area contributed by atoms with Gasteiger partial charge in [-0.2, -0.15) is 0 Å². The Bertz CT molecular complexity index is 390. The van der Waals surface area contributed by atoms with Gasteiger partial charge in [-0.1, -0.05) is 13.0 Å². The average Bonchev–Trinajstić information content (AvgIpc) is 3.13. The van der Waals surface area contributed by atoms with Crippen molar-refractivity contribution in [3.05, 3.63) is 29.6 Å². The summed E-state index contributed by atoms with van der Waals surface area (Å²) < 4.78 is 19.0. The van der Waals surface area contributed by atoms with Crippen LogP contribution in [-0.4, -0.2) is 22.9 Å². The van der Waals surface area contributed by atoms with Crippen LogP contribution < -0.4 is 4.74 Å². The molecular weight excluding hydrogens is 223 g/mol. The van der Waals surface area contributed by atoms with Crippen LogP contribution in [0.4, 0.5) is 4.39 Å². The zero-order valence-corrected chi connectivity index (χ0v) is 9.77. The predicted octanol–water partition coefficient (Wildman–Crippen LogP) is 2.03. The van der Waals surface area contributed by atoms with E-state index in [0.29, 0.717) is 5.56 Å². The van der Waals surface area contributed by atoms with Crippen molar-refractivity contribution >= 4 is 0 Å². The quantitative estimate of drug-likeness (QED) is 0.828. The molecule has 0 bridgehead atoms. The SMILES string of the molecule is C[C@H](CO)[C@H](O)c1ccc(OC2CC2)c(F)c1. The maximum absolute atomic E-state index is 13.7. The highest BCUT2D eigenvalue weighted by molar-refractivity contribution is 5.31. The number of hydrogen-bond acceptors (Lipinski definition) is 3. The highest BCUT2D eigenvalue weighted by atomic mass is 19.1. The Hall–Kier alpha value is -1.13. The molecule has 0 amide bonds. The second-order valence-corrected chi connectivity index (χ2v) is 4.61. The molecule has 3 nitrogen and oxygen atoms in total. The first kappa shape index (κ1) is 12.3. The molecule has 1 aromatic carbocycles. The third-order valence-corrected chi connectivity index (χ3v) is 2.94. The summed E-state index contributed by atoms with van der Waals surface area (Å²) in [7, 11) is 0. The molecule has 0 unspecified atom stereocenters. The molecule has 2 rings (SSSR count). The number of ether oxygens (including phenoxy) is 1. The molecule has 1 aliphatic rings. The number of aliphatic hydroxyl groups is 2. The fourth-order valence-corrected chi connectivity index (χ4v) is 1.59. The Kier molecular flexibility index (Phi) is 3.64. The van der Waals surface area contributed by atoms with E-state index in [0.717, 1.165) is 12.8 Å². The van der Waals surface area contributed by atoms with Crippen molar-refractivity contribution in [2.24, 2.45) is 5.92 Å². The molecule has 0 aliphatic heterocycles. The molecule has 2 N–H and O–H groups in total. The van der Waals surface area contributed by atoms with Gasteiger partial charge in [-0.3, -0.25) is 0 Å². The van der Waals surface area contributed by atoms with Crippen LogP contribution in [0.25, 0.3) is 0 Å². The lowest BCUT2D eigenvalue weighted by Gasteiger charge is -2.17. The maximum Gasteiger partial charge on any atom is 0.165 e. The van der Waals surface area contributed by atoms with Crippen molar-refractivity contribution in [1.82, 2.24) is 0 Å². The number of aliphatic hydroxyl groups excluding tert-OH is 2. The van der Waals surface area contributed by atoms with E-state index in [2.05, 4.69) is 0 Å². The van der Waals surface area contributed by atoms with E-state index in [1.165, 1.54) is 12.1 Å². The Balaban J connectivity index is 2.11. The third-order valence-electron chi connectivity index (χ3n) is 2.94. The number of halogens is 1. The van der Waals surface area contributed by atoms with E-state index in [-0.39, 0.29) is 24.4 Å². The normalized spacial score (nSPS) is 18.8. The minimum Gasteiger partial charge on any atom is -0.487 e. The molecular formula is C13H17FO3. The van der Waals surface area contributed by atoms with Crippen LogP contribution in [0.5, 0.6) is 5.75 Å². The Morgan fingerprint density at radius 3 is 2.71 bits per heavy atom. The van der Waals surface area contributed by atoms with E-state index in [1.807, 2.05) is 0 Å². The van der Waals surface area contributed by atoms with Gasteiger partial charge in [0.1, 0.15) is 0 Å². The molecule has 0 saturated heterocycles. The minimum absolute atomic E-state index is 0.136. The first-order valence-electron chi connectivity index (χ1n) is 5.87. The Labute approximate surface area is 99.8 Å². The summed E-state index contributed by atoms with van der Waals surface area (Å²) in [6.45, 7) is 1.57. The summed E-state index contributed by atoms with van der Waals surface area (Å²) in [5, 5.41) is 18.8. The van der Waals surface area contributed by atoms with Crippen molar-refractivity contribution in [3.8, 4) is 5.75 Å². The predicted molar refractivity (Wildman–Crippen MR) is 61.3 cm³/mol. The largest absolute Gasteiger partial charge is 0.487 e. The third kappa shape index (κ3) is 2.96. The van der Waals surface area contributed by atoms with Gasteiger partial charge in [0, 0.05) is 12.5 Å². The van der Waals surface area contributed by atoms with E-state index < -0.39 is 11.9 Å². The molecule has 0 heterocycles. The standard InChI is InChI=1S/C13H17FO3/c1-8(7-15)13(16)9-2-5-12(11(14)6-9)17-10-3-4-10/h2,5-6,8,10,13,15-16H,3-4,7H2,1H3/t8-,13+/m1/s1. The lowest BCUT2D eigenvalue weighted by molar-refractivity contribution is 0.0767. The highest BCUT2D eigenvalue weighted by Gasteiger charge is 2.25. The molecule has 94 valence electrons. The van der Waals surface area contributed by atoms with Crippen LogP contribution in [-0.2, 0) is 0 Å². The molecule has 1 fully saturated rings. The molecule has 0 spiro atoms. The average molecular weight is 240 g/mol. The van der Waals surface area contributed by atoms with Gasteiger partial charge in [-0.25, -0.2) is 4.39 Å². The van der Waals surface area contributed by atoms with Crippen molar-refractivity contribution in [3.63, 3.8) is 0 Å². The first-order valence-corrected chi connectivity index (χ1v) is 5.87. The zero-order chi connectivity index (χ0) is 12.4. The zero-order valence-electron chi connectivity index (χ0n) is 9.77. The van der Waals surface area contributed by atoms with E-state index >= 15 is 0 Å². The maximum atomic E-state index is 13.7. The lowest BCUT2D eigenvalue weighted by Crippen LogP contribution is -2.13. The van der Waals surface area contributed by atoms with Crippen LogP contribution >= 0.6 is 0 Å². The van der Waals surface area contributed by atoms with Gasteiger partial charge < -0.3 is 14.9 Å². The summed E-state index contributed by atoms with van der Waals surface area (Å²) in [5.41, 5.74) is 0.465. The fourth-order valence-electron chi connectivity index (χ4n) is 1.59. The lowest BCUT2D eigenvalue weighted by atomic mass is 9.98. The van der Waals surface area contributed by atoms with Gasteiger partial charge in [0.25, 0.3) is 0 Å².